The highest BCUT2D eigenvalue weighted by molar-refractivity contribution is 6.05. The maximum absolute atomic E-state index is 12.1. The van der Waals surface area contributed by atoms with Gasteiger partial charge in [0.25, 0.3) is 5.71 Å². The Morgan fingerprint density at radius 3 is 3.09 bits per heavy atom. The zero-order chi connectivity index (χ0) is 15.8. The van der Waals surface area contributed by atoms with E-state index in [0.29, 0.717) is 11.2 Å². The molecule has 0 unspecified atom stereocenters. The van der Waals surface area contributed by atoms with Crippen LogP contribution in [0.25, 0.3) is 11.1 Å². The van der Waals surface area contributed by atoms with Gasteiger partial charge in [0.05, 0.1) is 6.61 Å². The van der Waals surface area contributed by atoms with Crippen molar-refractivity contribution >= 4 is 28.6 Å². The standard InChI is InChI=1S/C16H14N4O3/c1-2-22-16(21)13-12-14(17-9-18-15(12)23-19-13)20-8-7-10-5-3-4-6-11(10)20/h3-6,9H,2,7-8H2,1H3. The molecule has 0 atom stereocenters. The highest BCUT2D eigenvalue weighted by Crippen LogP contribution is 2.37. The number of fused-ring (bicyclic) bond motifs is 2. The Balaban J connectivity index is 1.88. The second kappa shape index (κ2) is 5.35. The third kappa shape index (κ3) is 2.12. The number of carbonyl (C=O) groups excluding carboxylic acids is 1. The topological polar surface area (TPSA) is 81.3 Å². The van der Waals surface area contributed by atoms with Gasteiger partial charge in [-0.3, -0.25) is 0 Å². The fraction of sp³-hybridized carbons (Fsp3) is 0.250. The van der Waals surface area contributed by atoms with Crippen LogP contribution in [0.2, 0.25) is 0 Å². The molecule has 0 bridgehead atoms. The highest BCUT2D eigenvalue weighted by atomic mass is 16.5. The number of ether oxygens (including phenoxy) is 1. The monoisotopic (exact) mass is 310 g/mol. The van der Waals surface area contributed by atoms with E-state index >= 15 is 0 Å². The minimum absolute atomic E-state index is 0.113. The van der Waals surface area contributed by atoms with Gasteiger partial charge in [0.1, 0.15) is 17.5 Å². The summed E-state index contributed by atoms with van der Waals surface area (Å²) >= 11 is 0. The summed E-state index contributed by atoms with van der Waals surface area (Å²) in [4.78, 5) is 22.6. The van der Waals surface area contributed by atoms with Gasteiger partial charge in [-0.15, -0.1) is 0 Å². The molecule has 0 fully saturated rings. The number of hydrogen-bond donors (Lipinski definition) is 0. The first kappa shape index (κ1) is 13.7. The van der Waals surface area contributed by atoms with E-state index in [9.17, 15) is 4.79 Å². The number of benzene rings is 1. The molecule has 116 valence electrons. The SMILES string of the molecule is CCOC(=O)c1noc2ncnc(N3CCc4ccccc43)c12. The van der Waals surface area contributed by atoms with Crippen molar-refractivity contribution in [3.63, 3.8) is 0 Å². The molecule has 1 aromatic carbocycles. The van der Waals surface area contributed by atoms with Crippen molar-refractivity contribution in [3.8, 4) is 0 Å². The maximum atomic E-state index is 12.1. The van der Waals surface area contributed by atoms with Gasteiger partial charge in [0.2, 0.25) is 5.69 Å². The second-order valence-electron chi connectivity index (χ2n) is 5.16. The highest BCUT2D eigenvalue weighted by Gasteiger charge is 2.28. The number of nitrogens with zero attached hydrogens (tertiary/aromatic N) is 4. The van der Waals surface area contributed by atoms with Crippen LogP contribution in [0.15, 0.2) is 35.1 Å². The van der Waals surface area contributed by atoms with Gasteiger partial charge in [0.15, 0.2) is 0 Å². The van der Waals surface area contributed by atoms with Crippen LogP contribution in [0.1, 0.15) is 23.0 Å². The van der Waals surface area contributed by atoms with Crippen molar-refractivity contribution in [1.82, 2.24) is 15.1 Å². The maximum Gasteiger partial charge on any atom is 0.361 e. The van der Waals surface area contributed by atoms with Crippen LogP contribution in [0.3, 0.4) is 0 Å². The average molecular weight is 310 g/mol. The largest absolute Gasteiger partial charge is 0.461 e. The zero-order valence-corrected chi connectivity index (χ0v) is 12.5. The summed E-state index contributed by atoms with van der Waals surface area (Å²) in [5.41, 5.74) is 2.71. The first-order valence-corrected chi connectivity index (χ1v) is 7.42. The molecule has 0 amide bonds. The Bertz CT molecular complexity index is 890. The fourth-order valence-corrected chi connectivity index (χ4v) is 2.87. The van der Waals surface area contributed by atoms with Gasteiger partial charge in [-0.05, 0) is 25.0 Å². The first-order valence-electron chi connectivity index (χ1n) is 7.42. The molecule has 0 saturated heterocycles. The fourth-order valence-electron chi connectivity index (χ4n) is 2.87. The van der Waals surface area contributed by atoms with E-state index in [1.54, 1.807) is 6.92 Å². The molecule has 7 heteroatoms. The zero-order valence-electron chi connectivity index (χ0n) is 12.5. The lowest BCUT2D eigenvalue weighted by Crippen LogP contribution is -2.16. The van der Waals surface area contributed by atoms with Crippen LogP contribution in [0.5, 0.6) is 0 Å². The molecule has 23 heavy (non-hydrogen) atoms. The summed E-state index contributed by atoms with van der Waals surface area (Å²) in [6, 6.07) is 8.12. The summed E-state index contributed by atoms with van der Waals surface area (Å²) in [5, 5.41) is 4.31. The number of carbonyl (C=O) groups is 1. The molecule has 0 radical (unpaired) electrons. The van der Waals surface area contributed by atoms with Crippen LogP contribution >= 0.6 is 0 Å². The Morgan fingerprint density at radius 1 is 1.35 bits per heavy atom. The predicted octanol–water partition coefficient (Wildman–Crippen LogP) is 2.49. The molecule has 3 heterocycles. The molecule has 2 aromatic heterocycles. The van der Waals surface area contributed by atoms with Crippen molar-refractivity contribution < 1.29 is 14.1 Å². The second-order valence-corrected chi connectivity index (χ2v) is 5.16. The van der Waals surface area contributed by atoms with Gasteiger partial charge in [-0.2, -0.15) is 4.98 Å². The van der Waals surface area contributed by atoms with Crippen LogP contribution in [0, 0.1) is 0 Å². The Morgan fingerprint density at radius 2 is 2.22 bits per heavy atom. The number of anilines is 2. The van der Waals surface area contributed by atoms with Gasteiger partial charge in [-0.25, -0.2) is 9.78 Å². The summed E-state index contributed by atoms with van der Waals surface area (Å²) < 4.78 is 10.2. The van der Waals surface area contributed by atoms with E-state index in [-0.39, 0.29) is 18.0 Å². The third-order valence-electron chi connectivity index (χ3n) is 3.86. The molecule has 1 aliphatic heterocycles. The minimum Gasteiger partial charge on any atom is -0.461 e. The molecule has 1 aliphatic rings. The normalized spacial score (nSPS) is 13.3. The Labute approximate surface area is 131 Å². The molecule has 0 spiro atoms. The Kier molecular flexibility index (Phi) is 3.18. The van der Waals surface area contributed by atoms with E-state index in [4.69, 9.17) is 9.26 Å². The molecule has 3 aromatic rings. The summed E-state index contributed by atoms with van der Waals surface area (Å²) in [5.74, 6) is 0.0824. The third-order valence-corrected chi connectivity index (χ3v) is 3.86. The van der Waals surface area contributed by atoms with E-state index < -0.39 is 5.97 Å². The number of esters is 1. The smallest absolute Gasteiger partial charge is 0.361 e. The average Bonchev–Trinajstić information content (AvgIpc) is 3.19. The van der Waals surface area contributed by atoms with Gasteiger partial charge < -0.3 is 14.2 Å². The summed E-state index contributed by atoms with van der Waals surface area (Å²) in [7, 11) is 0. The van der Waals surface area contributed by atoms with Gasteiger partial charge in [-0.1, -0.05) is 23.4 Å². The summed E-state index contributed by atoms with van der Waals surface area (Å²) in [6.45, 7) is 2.79. The molecular weight excluding hydrogens is 296 g/mol. The van der Waals surface area contributed by atoms with Crippen molar-refractivity contribution in [2.24, 2.45) is 0 Å². The molecule has 0 N–H and O–H groups in total. The van der Waals surface area contributed by atoms with Crippen molar-refractivity contribution in [3.05, 3.63) is 41.9 Å². The van der Waals surface area contributed by atoms with Gasteiger partial charge in [0, 0.05) is 12.2 Å². The molecule has 0 aliphatic carbocycles. The first-order chi connectivity index (χ1) is 11.3. The van der Waals surface area contributed by atoms with Crippen molar-refractivity contribution in [1.29, 1.82) is 0 Å². The summed E-state index contributed by atoms with van der Waals surface area (Å²) in [6.07, 6.45) is 2.33. The molecule has 7 nitrogen and oxygen atoms in total. The molecule has 0 saturated carbocycles. The lowest BCUT2D eigenvalue weighted by Gasteiger charge is -2.18. The lowest BCUT2D eigenvalue weighted by molar-refractivity contribution is 0.0517. The van der Waals surface area contributed by atoms with E-state index in [1.807, 2.05) is 18.2 Å². The minimum atomic E-state index is -0.533. The Hall–Kier alpha value is -2.96. The van der Waals surface area contributed by atoms with Crippen molar-refractivity contribution in [2.75, 3.05) is 18.1 Å². The number of rotatable bonds is 3. The molecule has 4 rings (SSSR count). The van der Waals surface area contributed by atoms with Crippen LogP contribution in [-0.2, 0) is 11.2 Å². The quantitative estimate of drug-likeness (QED) is 0.687. The van der Waals surface area contributed by atoms with Gasteiger partial charge >= 0.3 is 5.97 Å². The number of hydrogen-bond acceptors (Lipinski definition) is 7. The van der Waals surface area contributed by atoms with Crippen molar-refractivity contribution in [2.45, 2.75) is 13.3 Å². The van der Waals surface area contributed by atoms with Crippen LogP contribution < -0.4 is 4.90 Å². The number of para-hydroxylation sites is 1. The van der Waals surface area contributed by atoms with Crippen LogP contribution in [-0.4, -0.2) is 34.2 Å². The van der Waals surface area contributed by atoms with Crippen LogP contribution in [0.4, 0.5) is 11.5 Å². The van der Waals surface area contributed by atoms with E-state index in [2.05, 4.69) is 26.1 Å². The van der Waals surface area contributed by atoms with E-state index in [0.717, 1.165) is 18.7 Å². The number of aromatic nitrogens is 3. The molecular formula is C16H14N4O3. The van der Waals surface area contributed by atoms with E-state index in [1.165, 1.54) is 11.9 Å². The lowest BCUT2D eigenvalue weighted by atomic mass is 10.2. The predicted molar refractivity (Wildman–Crippen MR) is 82.7 cm³/mol.